The number of nitriles is 2. The number of nitrogens with zero attached hydrogens (tertiary/aromatic N) is 4. The predicted molar refractivity (Wildman–Crippen MR) is 95.9 cm³/mol. The van der Waals surface area contributed by atoms with Gasteiger partial charge in [0.25, 0.3) is 0 Å². The second-order valence-corrected chi connectivity index (χ2v) is 6.05. The summed E-state index contributed by atoms with van der Waals surface area (Å²) in [6, 6.07) is 17.3. The summed E-state index contributed by atoms with van der Waals surface area (Å²) in [5.74, 6) is 0.110. The largest absolute Gasteiger partial charge is 0.508 e. The smallest absolute Gasteiger partial charge is 0.158 e. The molecule has 25 heavy (non-hydrogen) atoms. The molecule has 0 unspecified atom stereocenters. The van der Waals surface area contributed by atoms with Gasteiger partial charge in [-0.05, 0) is 42.0 Å². The molecule has 0 aliphatic rings. The van der Waals surface area contributed by atoms with Crippen LogP contribution in [0.5, 0.6) is 5.75 Å². The van der Waals surface area contributed by atoms with Crippen LogP contribution in [-0.2, 0) is 0 Å². The topological polar surface area (TPSA) is 119 Å². The number of anilines is 1. The molecule has 7 heteroatoms. The van der Waals surface area contributed by atoms with Crippen molar-refractivity contribution >= 4 is 27.7 Å². The van der Waals surface area contributed by atoms with Crippen LogP contribution < -0.4 is 5.73 Å². The Balaban J connectivity index is 2.07. The summed E-state index contributed by atoms with van der Waals surface area (Å²) in [7, 11) is 0. The van der Waals surface area contributed by atoms with Crippen molar-refractivity contribution in [3.05, 3.63) is 59.0 Å². The number of azo groups is 1. The van der Waals surface area contributed by atoms with E-state index in [1.54, 1.807) is 36.4 Å². The quantitative estimate of drug-likeness (QED) is 0.520. The zero-order chi connectivity index (χ0) is 17.8. The van der Waals surface area contributed by atoms with Crippen molar-refractivity contribution in [1.29, 1.82) is 10.5 Å². The zero-order valence-electron chi connectivity index (χ0n) is 12.8. The van der Waals surface area contributed by atoms with Gasteiger partial charge in [-0.2, -0.15) is 10.5 Å². The van der Waals surface area contributed by atoms with E-state index in [2.05, 4.69) is 22.4 Å². The standard InChI is InChI=1S/C18H11N5OS/c19-9-15-17(11-1-7-14(24)8-2-11)16(10-20)25-18(15)23-22-13-5-3-12(21)4-6-13/h1-8,24H,21H2. The maximum absolute atomic E-state index is 9.54. The molecule has 3 aromatic rings. The number of nitrogen functional groups attached to an aromatic ring is 1. The van der Waals surface area contributed by atoms with E-state index in [1.807, 2.05) is 0 Å². The molecule has 0 atom stereocenters. The highest BCUT2D eigenvalue weighted by molar-refractivity contribution is 7.17. The summed E-state index contributed by atoms with van der Waals surface area (Å²) in [5.41, 5.74) is 8.29. The van der Waals surface area contributed by atoms with Gasteiger partial charge in [0.1, 0.15) is 22.8 Å². The number of nitrogens with two attached hydrogens (primary N) is 1. The summed E-state index contributed by atoms with van der Waals surface area (Å²) in [6.45, 7) is 0. The number of benzene rings is 2. The SMILES string of the molecule is N#Cc1sc(N=Nc2ccc(N)cc2)c(C#N)c1-c1ccc(O)cc1. The van der Waals surface area contributed by atoms with Gasteiger partial charge in [0.15, 0.2) is 5.00 Å². The molecule has 3 rings (SSSR count). The lowest BCUT2D eigenvalue weighted by atomic mass is 10.0. The minimum Gasteiger partial charge on any atom is -0.508 e. The number of aromatic hydroxyl groups is 1. The first-order chi connectivity index (χ1) is 12.1. The van der Waals surface area contributed by atoms with E-state index in [0.717, 1.165) is 11.3 Å². The van der Waals surface area contributed by atoms with Crippen LogP contribution in [0.4, 0.5) is 16.4 Å². The Kier molecular flexibility index (Phi) is 4.42. The van der Waals surface area contributed by atoms with E-state index in [-0.39, 0.29) is 11.3 Å². The first-order valence-electron chi connectivity index (χ1n) is 7.16. The van der Waals surface area contributed by atoms with Gasteiger partial charge in [-0.3, -0.25) is 0 Å². The molecule has 1 aromatic heterocycles. The van der Waals surface area contributed by atoms with Gasteiger partial charge >= 0.3 is 0 Å². The minimum absolute atomic E-state index is 0.110. The maximum Gasteiger partial charge on any atom is 0.158 e. The first-order valence-corrected chi connectivity index (χ1v) is 7.97. The van der Waals surface area contributed by atoms with Crippen molar-refractivity contribution in [2.45, 2.75) is 0 Å². The van der Waals surface area contributed by atoms with Crippen LogP contribution in [0.3, 0.4) is 0 Å². The molecule has 0 fully saturated rings. The Morgan fingerprint density at radius 1 is 0.920 bits per heavy atom. The molecule has 0 aliphatic heterocycles. The fourth-order valence-corrected chi connectivity index (χ4v) is 3.11. The number of hydrogen-bond donors (Lipinski definition) is 2. The summed E-state index contributed by atoms with van der Waals surface area (Å²) in [5, 5.41) is 36.9. The predicted octanol–water partition coefficient (Wildman–Crippen LogP) is 4.86. The molecule has 0 bridgehead atoms. The average Bonchev–Trinajstić information content (AvgIpc) is 2.99. The van der Waals surface area contributed by atoms with Crippen molar-refractivity contribution < 1.29 is 5.11 Å². The lowest BCUT2D eigenvalue weighted by Gasteiger charge is -2.00. The van der Waals surface area contributed by atoms with E-state index in [1.165, 1.54) is 12.1 Å². The summed E-state index contributed by atoms with van der Waals surface area (Å²) >= 11 is 1.10. The van der Waals surface area contributed by atoms with Crippen LogP contribution in [0.25, 0.3) is 11.1 Å². The normalized spacial score (nSPS) is 10.5. The minimum atomic E-state index is 0.110. The molecule has 3 N–H and O–H groups in total. The highest BCUT2D eigenvalue weighted by atomic mass is 32.1. The van der Waals surface area contributed by atoms with Crippen LogP contribution in [0.15, 0.2) is 58.8 Å². The Bertz CT molecular complexity index is 1020. The van der Waals surface area contributed by atoms with E-state index < -0.39 is 0 Å². The molecule has 0 saturated heterocycles. The average molecular weight is 345 g/mol. The Morgan fingerprint density at radius 2 is 1.60 bits per heavy atom. The number of phenols is 1. The van der Waals surface area contributed by atoms with Crippen LogP contribution >= 0.6 is 11.3 Å². The molecule has 120 valence electrons. The lowest BCUT2D eigenvalue weighted by molar-refractivity contribution is 0.475. The van der Waals surface area contributed by atoms with Crippen molar-refractivity contribution in [3.63, 3.8) is 0 Å². The van der Waals surface area contributed by atoms with Gasteiger partial charge in [-0.25, -0.2) is 0 Å². The van der Waals surface area contributed by atoms with Gasteiger partial charge < -0.3 is 10.8 Å². The highest BCUT2D eigenvalue weighted by Crippen LogP contribution is 2.42. The lowest BCUT2D eigenvalue weighted by Crippen LogP contribution is -1.82. The van der Waals surface area contributed by atoms with Crippen LogP contribution in [-0.4, -0.2) is 5.11 Å². The monoisotopic (exact) mass is 345 g/mol. The van der Waals surface area contributed by atoms with E-state index in [4.69, 9.17) is 5.73 Å². The zero-order valence-corrected chi connectivity index (χ0v) is 13.7. The fraction of sp³-hybridized carbons (Fsp3) is 0. The van der Waals surface area contributed by atoms with E-state index in [9.17, 15) is 15.6 Å². The third-order valence-electron chi connectivity index (χ3n) is 3.41. The van der Waals surface area contributed by atoms with Gasteiger partial charge in [0.2, 0.25) is 0 Å². The van der Waals surface area contributed by atoms with E-state index in [0.29, 0.717) is 32.4 Å². The van der Waals surface area contributed by atoms with Gasteiger partial charge in [0, 0.05) is 11.3 Å². The molecular weight excluding hydrogens is 334 g/mol. The molecular formula is C18H11N5OS. The fourth-order valence-electron chi connectivity index (χ4n) is 2.22. The van der Waals surface area contributed by atoms with Gasteiger partial charge in [-0.1, -0.05) is 12.1 Å². The molecule has 0 amide bonds. The molecule has 1 heterocycles. The van der Waals surface area contributed by atoms with E-state index >= 15 is 0 Å². The third kappa shape index (κ3) is 3.32. The molecule has 0 saturated carbocycles. The second-order valence-electron chi connectivity index (χ2n) is 5.05. The first kappa shape index (κ1) is 16.2. The van der Waals surface area contributed by atoms with Gasteiger partial charge in [0.05, 0.1) is 11.3 Å². The summed E-state index contributed by atoms with van der Waals surface area (Å²) in [4.78, 5) is 0.369. The van der Waals surface area contributed by atoms with Crippen molar-refractivity contribution in [2.24, 2.45) is 10.2 Å². The molecule has 0 radical (unpaired) electrons. The molecule has 6 nitrogen and oxygen atoms in total. The molecule has 0 aliphatic carbocycles. The van der Waals surface area contributed by atoms with Crippen molar-refractivity contribution in [1.82, 2.24) is 0 Å². The third-order valence-corrected chi connectivity index (χ3v) is 4.39. The second kappa shape index (κ2) is 6.83. The van der Waals surface area contributed by atoms with Gasteiger partial charge in [-0.15, -0.1) is 21.6 Å². The number of thiophene rings is 1. The molecule has 2 aromatic carbocycles. The summed E-state index contributed by atoms with van der Waals surface area (Å²) in [6.07, 6.45) is 0. The Morgan fingerprint density at radius 3 is 2.20 bits per heavy atom. The van der Waals surface area contributed by atoms with Crippen LogP contribution in [0.2, 0.25) is 0 Å². The van der Waals surface area contributed by atoms with Crippen LogP contribution in [0, 0.1) is 22.7 Å². The number of rotatable bonds is 3. The Hall–Kier alpha value is -3.68. The highest BCUT2D eigenvalue weighted by Gasteiger charge is 2.19. The number of phenolic OH excluding ortho intramolecular Hbond substituents is 1. The Labute approximate surface area is 147 Å². The molecule has 0 spiro atoms. The maximum atomic E-state index is 9.54. The van der Waals surface area contributed by atoms with Crippen molar-refractivity contribution in [2.75, 3.05) is 5.73 Å². The number of hydrogen-bond acceptors (Lipinski definition) is 7. The van der Waals surface area contributed by atoms with Crippen LogP contribution in [0.1, 0.15) is 10.4 Å². The van der Waals surface area contributed by atoms with Crippen molar-refractivity contribution in [3.8, 4) is 29.0 Å². The summed E-state index contributed by atoms with van der Waals surface area (Å²) < 4.78 is 0.